The number of carbonyl (C=O) groups excluding carboxylic acids is 1. The van der Waals surface area contributed by atoms with Crippen LogP contribution < -0.4 is 5.32 Å². The molecule has 2 fully saturated rings. The first kappa shape index (κ1) is 18.9. The van der Waals surface area contributed by atoms with E-state index in [0.717, 1.165) is 24.0 Å². The van der Waals surface area contributed by atoms with Gasteiger partial charge in [-0.1, -0.05) is 19.3 Å². The second kappa shape index (κ2) is 9.72. The number of esters is 1. The van der Waals surface area contributed by atoms with Crippen molar-refractivity contribution in [3.8, 4) is 0 Å². The van der Waals surface area contributed by atoms with Gasteiger partial charge in [-0.3, -0.25) is 4.90 Å². The van der Waals surface area contributed by atoms with E-state index in [1.165, 1.54) is 57.6 Å². The standard InChI is InChI=1S/C21H31N3O2/c1-2-26-21(25)13-11-17-10-12-20(22-15-17)23-18-7-6-14-24(16-18)19-8-4-3-5-9-19/h10-13,15,18-19H,2-9,14,16H2,1H3,(H,22,23)/b13-11+/t18-/m1/s1. The number of aromatic nitrogens is 1. The van der Waals surface area contributed by atoms with Crippen LogP contribution in [0, 0.1) is 0 Å². The van der Waals surface area contributed by atoms with Gasteiger partial charge in [0, 0.05) is 30.9 Å². The fourth-order valence-electron chi connectivity index (χ4n) is 4.06. The molecule has 142 valence electrons. The van der Waals surface area contributed by atoms with E-state index in [4.69, 9.17) is 4.74 Å². The van der Waals surface area contributed by atoms with E-state index in [-0.39, 0.29) is 5.97 Å². The van der Waals surface area contributed by atoms with Crippen LogP contribution >= 0.6 is 0 Å². The molecule has 0 amide bonds. The first-order valence-corrected chi connectivity index (χ1v) is 10.1. The van der Waals surface area contributed by atoms with Crippen LogP contribution in [0.25, 0.3) is 6.08 Å². The van der Waals surface area contributed by atoms with E-state index in [0.29, 0.717) is 12.6 Å². The lowest BCUT2D eigenvalue weighted by Crippen LogP contribution is -2.47. The van der Waals surface area contributed by atoms with E-state index in [1.807, 2.05) is 12.1 Å². The highest BCUT2D eigenvalue weighted by atomic mass is 16.5. The molecule has 0 unspecified atom stereocenters. The van der Waals surface area contributed by atoms with Crippen molar-refractivity contribution in [2.75, 3.05) is 25.0 Å². The summed E-state index contributed by atoms with van der Waals surface area (Å²) in [5.41, 5.74) is 0.899. The van der Waals surface area contributed by atoms with Crippen LogP contribution in [0.4, 0.5) is 5.82 Å². The first-order valence-electron chi connectivity index (χ1n) is 10.1. The van der Waals surface area contributed by atoms with Crippen molar-refractivity contribution in [1.29, 1.82) is 0 Å². The lowest BCUT2D eigenvalue weighted by Gasteiger charge is -2.40. The molecule has 5 nitrogen and oxygen atoms in total. The number of carbonyl (C=O) groups is 1. The van der Waals surface area contributed by atoms with Crippen molar-refractivity contribution in [1.82, 2.24) is 9.88 Å². The van der Waals surface area contributed by atoms with Gasteiger partial charge in [-0.15, -0.1) is 0 Å². The Kier molecular flexibility index (Phi) is 7.06. The predicted octanol–water partition coefficient (Wildman–Crippen LogP) is 3.87. The lowest BCUT2D eigenvalue weighted by atomic mass is 9.92. The number of hydrogen-bond acceptors (Lipinski definition) is 5. The summed E-state index contributed by atoms with van der Waals surface area (Å²) in [4.78, 5) is 18.6. The highest BCUT2D eigenvalue weighted by Crippen LogP contribution is 2.26. The van der Waals surface area contributed by atoms with Gasteiger partial charge in [0.05, 0.1) is 6.61 Å². The van der Waals surface area contributed by atoms with Gasteiger partial charge in [-0.2, -0.15) is 0 Å². The van der Waals surface area contributed by atoms with E-state index in [1.54, 1.807) is 19.2 Å². The van der Waals surface area contributed by atoms with Gasteiger partial charge in [0.1, 0.15) is 5.82 Å². The van der Waals surface area contributed by atoms with Crippen molar-refractivity contribution in [3.63, 3.8) is 0 Å². The summed E-state index contributed by atoms with van der Waals surface area (Å²) in [6, 6.07) is 5.23. The highest BCUT2D eigenvalue weighted by molar-refractivity contribution is 5.86. The van der Waals surface area contributed by atoms with Crippen molar-refractivity contribution >= 4 is 17.9 Å². The Bertz CT molecular complexity index is 594. The summed E-state index contributed by atoms with van der Waals surface area (Å²) in [6.45, 7) is 4.56. The fraction of sp³-hybridized carbons (Fsp3) is 0.619. The Morgan fingerprint density at radius 2 is 2.12 bits per heavy atom. The van der Waals surface area contributed by atoms with E-state index >= 15 is 0 Å². The van der Waals surface area contributed by atoms with Gasteiger partial charge in [0.15, 0.2) is 0 Å². The topological polar surface area (TPSA) is 54.5 Å². The van der Waals surface area contributed by atoms with Gasteiger partial charge in [0.25, 0.3) is 0 Å². The van der Waals surface area contributed by atoms with E-state index < -0.39 is 0 Å². The zero-order valence-electron chi connectivity index (χ0n) is 15.8. The Morgan fingerprint density at radius 1 is 1.27 bits per heavy atom. The molecule has 1 N–H and O–H groups in total. The molecule has 0 spiro atoms. The van der Waals surface area contributed by atoms with Gasteiger partial charge < -0.3 is 10.1 Å². The quantitative estimate of drug-likeness (QED) is 0.619. The van der Waals surface area contributed by atoms with Gasteiger partial charge >= 0.3 is 5.97 Å². The maximum absolute atomic E-state index is 11.4. The Hall–Kier alpha value is -1.88. The Balaban J connectivity index is 1.51. The molecule has 3 rings (SSSR count). The van der Waals surface area contributed by atoms with Gasteiger partial charge in [-0.25, -0.2) is 9.78 Å². The second-order valence-corrected chi connectivity index (χ2v) is 7.33. The molecular formula is C21H31N3O2. The van der Waals surface area contributed by atoms with Crippen molar-refractivity contribution in [2.24, 2.45) is 0 Å². The smallest absolute Gasteiger partial charge is 0.330 e. The summed E-state index contributed by atoms with van der Waals surface area (Å²) in [5, 5.41) is 3.59. The third-order valence-corrected chi connectivity index (χ3v) is 5.38. The first-order chi connectivity index (χ1) is 12.7. The van der Waals surface area contributed by atoms with Crippen molar-refractivity contribution in [2.45, 2.75) is 64.0 Å². The molecule has 0 bridgehead atoms. The maximum atomic E-state index is 11.4. The summed E-state index contributed by atoms with van der Waals surface area (Å²) < 4.78 is 4.88. The van der Waals surface area contributed by atoms with Gasteiger partial charge in [-0.05, 0) is 62.9 Å². The molecule has 1 aliphatic carbocycles. The number of likely N-dealkylation sites (tertiary alicyclic amines) is 1. The van der Waals surface area contributed by atoms with Crippen LogP contribution in [0.3, 0.4) is 0 Å². The van der Waals surface area contributed by atoms with Crippen LogP contribution in [0.1, 0.15) is 57.4 Å². The minimum absolute atomic E-state index is 0.320. The minimum atomic E-state index is -0.320. The fourth-order valence-corrected chi connectivity index (χ4v) is 4.06. The molecule has 5 heteroatoms. The third kappa shape index (κ3) is 5.56. The zero-order valence-corrected chi connectivity index (χ0v) is 15.8. The van der Waals surface area contributed by atoms with Crippen LogP contribution in [-0.2, 0) is 9.53 Å². The van der Waals surface area contributed by atoms with Crippen molar-refractivity contribution < 1.29 is 9.53 Å². The number of nitrogens with zero attached hydrogens (tertiary/aromatic N) is 2. The van der Waals surface area contributed by atoms with Crippen LogP contribution in [0.2, 0.25) is 0 Å². The normalized spacial score (nSPS) is 22.4. The molecule has 2 heterocycles. The Labute approximate surface area is 156 Å². The summed E-state index contributed by atoms with van der Waals surface area (Å²) in [7, 11) is 0. The molecule has 0 aromatic carbocycles. The van der Waals surface area contributed by atoms with Gasteiger partial charge in [0.2, 0.25) is 0 Å². The minimum Gasteiger partial charge on any atom is -0.463 e. The highest BCUT2D eigenvalue weighted by Gasteiger charge is 2.26. The average Bonchev–Trinajstić information content (AvgIpc) is 2.69. The molecule has 1 aromatic heterocycles. The molecule has 26 heavy (non-hydrogen) atoms. The summed E-state index contributed by atoms with van der Waals surface area (Å²) in [5.74, 6) is 0.591. The van der Waals surface area contributed by atoms with Crippen molar-refractivity contribution in [3.05, 3.63) is 30.0 Å². The largest absolute Gasteiger partial charge is 0.463 e. The molecule has 1 aliphatic heterocycles. The van der Waals surface area contributed by atoms with Crippen LogP contribution in [0.15, 0.2) is 24.4 Å². The summed E-state index contributed by atoms with van der Waals surface area (Å²) in [6.07, 6.45) is 14.4. The maximum Gasteiger partial charge on any atom is 0.330 e. The Morgan fingerprint density at radius 3 is 2.85 bits per heavy atom. The molecule has 0 radical (unpaired) electrons. The molecule has 1 saturated heterocycles. The number of hydrogen-bond donors (Lipinski definition) is 1. The van der Waals surface area contributed by atoms with Crippen LogP contribution in [-0.4, -0.2) is 47.6 Å². The zero-order chi connectivity index (χ0) is 18.2. The van der Waals surface area contributed by atoms with Crippen LogP contribution in [0.5, 0.6) is 0 Å². The SMILES string of the molecule is CCOC(=O)/C=C/c1ccc(N[C@@H]2CCCN(C3CCCCC3)C2)nc1. The van der Waals surface area contributed by atoms with E-state index in [2.05, 4.69) is 15.2 Å². The molecular weight excluding hydrogens is 326 g/mol. The molecule has 2 aliphatic rings. The number of ether oxygens (including phenoxy) is 1. The molecule has 1 saturated carbocycles. The average molecular weight is 357 g/mol. The lowest BCUT2D eigenvalue weighted by molar-refractivity contribution is -0.137. The molecule has 1 atom stereocenters. The number of anilines is 1. The number of pyridine rings is 1. The number of piperidine rings is 1. The monoisotopic (exact) mass is 357 g/mol. The third-order valence-electron chi connectivity index (χ3n) is 5.38. The number of nitrogens with one attached hydrogen (secondary N) is 1. The molecule has 1 aromatic rings. The number of rotatable bonds is 6. The van der Waals surface area contributed by atoms with E-state index in [9.17, 15) is 4.79 Å². The summed E-state index contributed by atoms with van der Waals surface area (Å²) >= 11 is 0. The predicted molar refractivity (Wildman–Crippen MR) is 105 cm³/mol. The second-order valence-electron chi connectivity index (χ2n) is 7.33.